The molecule has 0 aromatic heterocycles. The van der Waals surface area contributed by atoms with Gasteiger partial charge < -0.3 is 10.1 Å². The summed E-state index contributed by atoms with van der Waals surface area (Å²) in [6, 6.07) is 9.27. The third kappa shape index (κ3) is 7.07. The molecule has 0 unspecified atom stereocenters. The molecule has 3 heteroatoms. The Morgan fingerprint density at radius 1 is 1.10 bits per heavy atom. The first-order chi connectivity index (χ1) is 10.0. The SMILES string of the molecule is COCCN(Cc1ccccc1CNCC(C)C)C(C)C. The van der Waals surface area contributed by atoms with Crippen molar-refractivity contribution in [3.8, 4) is 0 Å². The largest absolute Gasteiger partial charge is 0.383 e. The number of nitrogens with zero attached hydrogens (tertiary/aromatic N) is 1. The molecule has 21 heavy (non-hydrogen) atoms. The summed E-state index contributed by atoms with van der Waals surface area (Å²) in [5.74, 6) is 0.686. The van der Waals surface area contributed by atoms with Crippen LogP contribution in [0.3, 0.4) is 0 Å². The molecular weight excluding hydrogens is 260 g/mol. The molecule has 1 aromatic rings. The maximum absolute atomic E-state index is 5.23. The van der Waals surface area contributed by atoms with E-state index in [4.69, 9.17) is 4.74 Å². The Kier molecular flexibility index (Phi) is 8.58. The van der Waals surface area contributed by atoms with E-state index in [1.54, 1.807) is 7.11 Å². The zero-order chi connectivity index (χ0) is 15.7. The van der Waals surface area contributed by atoms with Crippen LogP contribution in [0, 0.1) is 5.92 Å². The number of rotatable bonds is 10. The van der Waals surface area contributed by atoms with Crippen molar-refractivity contribution in [3.05, 3.63) is 35.4 Å². The second-order valence-corrected chi connectivity index (χ2v) is 6.35. The molecule has 0 heterocycles. The van der Waals surface area contributed by atoms with Gasteiger partial charge in [0.05, 0.1) is 6.61 Å². The fourth-order valence-electron chi connectivity index (χ4n) is 2.33. The fraction of sp³-hybridized carbons (Fsp3) is 0.667. The van der Waals surface area contributed by atoms with Crippen LogP contribution in [0.5, 0.6) is 0 Å². The highest BCUT2D eigenvalue weighted by molar-refractivity contribution is 5.27. The van der Waals surface area contributed by atoms with Crippen LogP contribution >= 0.6 is 0 Å². The lowest BCUT2D eigenvalue weighted by Gasteiger charge is -2.27. The third-order valence-corrected chi connectivity index (χ3v) is 3.67. The lowest BCUT2D eigenvalue weighted by Crippen LogP contribution is -2.33. The molecule has 120 valence electrons. The predicted octanol–water partition coefficient (Wildman–Crippen LogP) is 3.29. The number of ether oxygens (including phenoxy) is 1. The van der Waals surface area contributed by atoms with Crippen LogP contribution in [-0.4, -0.2) is 37.7 Å². The van der Waals surface area contributed by atoms with Gasteiger partial charge in [0.2, 0.25) is 0 Å². The van der Waals surface area contributed by atoms with E-state index in [2.05, 4.69) is 62.2 Å². The minimum atomic E-state index is 0.525. The van der Waals surface area contributed by atoms with Crippen LogP contribution in [0.25, 0.3) is 0 Å². The summed E-state index contributed by atoms with van der Waals surface area (Å²) in [4.78, 5) is 2.46. The van der Waals surface area contributed by atoms with Crippen molar-refractivity contribution in [1.82, 2.24) is 10.2 Å². The van der Waals surface area contributed by atoms with Gasteiger partial charge in [-0.2, -0.15) is 0 Å². The van der Waals surface area contributed by atoms with Crippen molar-refractivity contribution in [2.75, 3.05) is 26.8 Å². The zero-order valence-corrected chi connectivity index (χ0v) is 14.4. The van der Waals surface area contributed by atoms with E-state index in [9.17, 15) is 0 Å². The van der Waals surface area contributed by atoms with E-state index in [1.165, 1.54) is 11.1 Å². The molecular formula is C18H32N2O. The summed E-state index contributed by atoms with van der Waals surface area (Å²) in [5.41, 5.74) is 2.82. The first-order valence-electron chi connectivity index (χ1n) is 8.05. The van der Waals surface area contributed by atoms with Gasteiger partial charge in [-0.05, 0) is 37.4 Å². The molecule has 1 rings (SSSR count). The quantitative estimate of drug-likeness (QED) is 0.716. The van der Waals surface area contributed by atoms with Crippen molar-refractivity contribution in [1.29, 1.82) is 0 Å². The van der Waals surface area contributed by atoms with Gasteiger partial charge in [0, 0.05) is 32.8 Å². The molecule has 1 aromatic carbocycles. The zero-order valence-electron chi connectivity index (χ0n) is 14.4. The highest BCUT2D eigenvalue weighted by Gasteiger charge is 2.12. The lowest BCUT2D eigenvalue weighted by molar-refractivity contribution is 0.124. The van der Waals surface area contributed by atoms with E-state index < -0.39 is 0 Å². The number of hydrogen-bond donors (Lipinski definition) is 1. The molecule has 1 N–H and O–H groups in total. The standard InChI is InChI=1S/C18H32N2O/c1-15(2)12-19-13-17-8-6-7-9-18(17)14-20(16(3)4)10-11-21-5/h6-9,15-16,19H,10-14H2,1-5H3. The third-order valence-electron chi connectivity index (χ3n) is 3.67. The van der Waals surface area contributed by atoms with Crippen molar-refractivity contribution < 1.29 is 4.74 Å². The Morgan fingerprint density at radius 2 is 1.76 bits per heavy atom. The molecule has 0 saturated carbocycles. The summed E-state index contributed by atoms with van der Waals surface area (Å²) in [6.07, 6.45) is 0. The van der Waals surface area contributed by atoms with Crippen LogP contribution in [0.1, 0.15) is 38.8 Å². The van der Waals surface area contributed by atoms with Gasteiger partial charge in [-0.25, -0.2) is 0 Å². The minimum Gasteiger partial charge on any atom is -0.383 e. The Labute approximate surface area is 130 Å². The lowest BCUT2D eigenvalue weighted by atomic mass is 10.1. The van der Waals surface area contributed by atoms with E-state index in [-0.39, 0.29) is 0 Å². The monoisotopic (exact) mass is 292 g/mol. The van der Waals surface area contributed by atoms with Crippen LogP contribution in [0.4, 0.5) is 0 Å². The first kappa shape index (κ1) is 18.1. The van der Waals surface area contributed by atoms with E-state index in [1.807, 2.05) is 0 Å². The Bertz CT molecular complexity index is 391. The summed E-state index contributed by atoms with van der Waals surface area (Å²) < 4.78 is 5.23. The highest BCUT2D eigenvalue weighted by Crippen LogP contribution is 2.13. The molecule has 3 nitrogen and oxygen atoms in total. The average Bonchev–Trinajstić information content (AvgIpc) is 2.44. The summed E-state index contributed by atoms with van der Waals surface area (Å²) in [7, 11) is 1.77. The molecule has 0 aliphatic rings. The van der Waals surface area contributed by atoms with E-state index in [0.29, 0.717) is 12.0 Å². The normalized spacial score (nSPS) is 11.8. The topological polar surface area (TPSA) is 24.5 Å². The number of methoxy groups -OCH3 is 1. The maximum atomic E-state index is 5.23. The van der Waals surface area contributed by atoms with Gasteiger partial charge in [-0.15, -0.1) is 0 Å². The summed E-state index contributed by atoms with van der Waals surface area (Å²) >= 11 is 0. The molecule has 0 aliphatic carbocycles. The van der Waals surface area contributed by atoms with Crippen molar-refractivity contribution in [2.24, 2.45) is 5.92 Å². The van der Waals surface area contributed by atoms with Crippen LogP contribution in [0.15, 0.2) is 24.3 Å². The predicted molar refractivity (Wildman–Crippen MR) is 90.4 cm³/mol. The van der Waals surface area contributed by atoms with Crippen molar-refractivity contribution in [2.45, 2.75) is 46.8 Å². The second kappa shape index (κ2) is 9.93. The highest BCUT2D eigenvalue weighted by atomic mass is 16.5. The van der Waals surface area contributed by atoms with E-state index >= 15 is 0 Å². The molecule has 0 atom stereocenters. The molecule has 0 spiro atoms. The van der Waals surface area contributed by atoms with Gasteiger partial charge >= 0.3 is 0 Å². The molecule has 0 fully saturated rings. The summed E-state index contributed by atoms with van der Waals surface area (Å²) in [6.45, 7) is 13.7. The number of benzene rings is 1. The molecule has 0 amide bonds. The molecule has 0 radical (unpaired) electrons. The molecule has 0 bridgehead atoms. The van der Waals surface area contributed by atoms with Crippen LogP contribution in [0.2, 0.25) is 0 Å². The first-order valence-corrected chi connectivity index (χ1v) is 8.05. The van der Waals surface area contributed by atoms with Gasteiger partial charge in [-0.1, -0.05) is 38.1 Å². The van der Waals surface area contributed by atoms with Crippen LogP contribution < -0.4 is 5.32 Å². The Hall–Kier alpha value is -0.900. The van der Waals surface area contributed by atoms with E-state index in [0.717, 1.165) is 32.8 Å². The average molecular weight is 292 g/mol. The van der Waals surface area contributed by atoms with Crippen molar-refractivity contribution in [3.63, 3.8) is 0 Å². The van der Waals surface area contributed by atoms with Gasteiger partial charge in [0.15, 0.2) is 0 Å². The summed E-state index contributed by atoms with van der Waals surface area (Å²) in [5, 5.41) is 3.54. The Balaban J connectivity index is 2.67. The van der Waals surface area contributed by atoms with Gasteiger partial charge in [0.25, 0.3) is 0 Å². The van der Waals surface area contributed by atoms with Crippen LogP contribution in [-0.2, 0) is 17.8 Å². The minimum absolute atomic E-state index is 0.525. The second-order valence-electron chi connectivity index (χ2n) is 6.35. The van der Waals surface area contributed by atoms with Gasteiger partial charge in [-0.3, -0.25) is 4.90 Å². The fourth-order valence-corrected chi connectivity index (χ4v) is 2.33. The molecule has 0 aliphatic heterocycles. The van der Waals surface area contributed by atoms with Crippen molar-refractivity contribution >= 4 is 0 Å². The number of hydrogen-bond acceptors (Lipinski definition) is 3. The Morgan fingerprint density at radius 3 is 2.33 bits per heavy atom. The smallest absolute Gasteiger partial charge is 0.0589 e. The van der Waals surface area contributed by atoms with Gasteiger partial charge in [0.1, 0.15) is 0 Å². The number of nitrogens with one attached hydrogen (secondary N) is 1. The maximum Gasteiger partial charge on any atom is 0.0589 e. The molecule has 0 saturated heterocycles.